The standard InChI is InChI=1S/C45H53N4O11PS/c1-43(2,30-50)41(52)62-27-26-58-61(55,46-28-31-12-8-6-9-13-31)59-29-37-39(51)44(3,54)40(60-37)49-25-24-38(47-42(49)53)48-45(32-14-10-7-11-15-32,33-16-20-35(56-4)21-17-33)34-18-22-36(57-5)23-19-34/h6-25,37,39-40,50-51,54H,26-30H2,1-5H3,(H,46,55)(H,47,48,53)/t37-,39+,40-,44?,61?/m1/s1. The van der Waals surface area contributed by atoms with Gasteiger partial charge in [0.1, 0.15) is 40.7 Å². The fraction of sp³-hybridized carbons (Fsp3) is 0.356. The number of aliphatic hydroxyl groups excluding tert-OH is 2. The van der Waals surface area contributed by atoms with Gasteiger partial charge in [-0.25, -0.2) is 14.4 Å². The highest BCUT2D eigenvalue weighted by molar-refractivity contribution is 8.13. The molecular formula is C45H53N4O11PS. The lowest BCUT2D eigenvalue weighted by Gasteiger charge is -2.37. The summed E-state index contributed by atoms with van der Waals surface area (Å²) in [5.74, 6) is 1.63. The van der Waals surface area contributed by atoms with Crippen LogP contribution in [-0.2, 0) is 35.2 Å². The Morgan fingerprint density at radius 1 is 0.887 bits per heavy atom. The van der Waals surface area contributed by atoms with E-state index in [1.54, 1.807) is 34.1 Å². The summed E-state index contributed by atoms with van der Waals surface area (Å²) in [6.07, 6.45) is -2.90. The molecule has 1 aromatic heterocycles. The maximum atomic E-state index is 14.1. The van der Waals surface area contributed by atoms with Gasteiger partial charge in [-0.2, -0.15) is 4.98 Å². The molecule has 62 heavy (non-hydrogen) atoms. The third-order valence-corrected chi connectivity index (χ3v) is 13.4. The first-order valence-corrected chi connectivity index (χ1v) is 22.4. The van der Waals surface area contributed by atoms with E-state index in [0.717, 1.165) is 38.6 Å². The van der Waals surface area contributed by atoms with Gasteiger partial charge in [-0.15, -0.1) is 0 Å². The monoisotopic (exact) mass is 888 g/mol. The molecule has 5 aromatic rings. The highest BCUT2D eigenvalue weighted by Crippen LogP contribution is 2.47. The Bertz CT molecular complexity index is 2300. The number of nitrogens with zero attached hydrogens (tertiary/aromatic N) is 2. The maximum absolute atomic E-state index is 14.1. The number of carbonyl (C=O) groups is 1. The van der Waals surface area contributed by atoms with Crippen molar-refractivity contribution in [1.29, 1.82) is 0 Å². The molecule has 330 valence electrons. The zero-order chi connectivity index (χ0) is 44.5. The van der Waals surface area contributed by atoms with E-state index in [-0.39, 0.29) is 36.4 Å². The lowest BCUT2D eigenvalue weighted by atomic mass is 9.77. The van der Waals surface area contributed by atoms with E-state index >= 15 is 0 Å². The van der Waals surface area contributed by atoms with Gasteiger partial charge in [0.05, 0.1) is 39.5 Å². The van der Waals surface area contributed by atoms with Crippen LogP contribution in [0.15, 0.2) is 126 Å². The van der Waals surface area contributed by atoms with E-state index in [4.69, 9.17) is 23.3 Å². The quantitative estimate of drug-likeness (QED) is 0.0352. The van der Waals surface area contributed by atoms with Gasteiger partial charge >= 0.3 is 13.4 Å². The summed E-state index contributed by atoms with van der Waals surface area (Å²) in [6.45, 7) is 3.65. The minimum atomic E-state index is -4.13. The van der Waals surface area contributed by atoms with Gasteiger partial charge in [-0.1, -0.05) is 96.7 Å². The van der Waals surface area contributed by atoms with E-state index in [2.05, 4.69) is 15.4 Å². The van der Waals surface area contributed by atoms with Crippen LogP contribution < -0.4 is 25.6 Å². The average Bonchev–Trinajstić information content (AvgIpc) is 3.52. The molecule has 0 amide bonds. The number of methoxy groups -OCH3 is 2. The number of carbonyl (C=O) groups excluding carboxylic acids is 1. The minimum Gasteiger partial charge on any atom is -0.497 e. The molecule has 17 heteroatoms. The van der Waals surface area contributed by atoms with Crippen molar-refractivity contribution in [2.75, 3.05) is 45.1 Å². The van der Waals surface area contributed by atoms with Crippen molar-refractivity contribution in [2.24, 2.45) is 5.41 Å². The molecule has 1 fully saturated rings. The number of thioether (sulfide) groups is 1. The average molecular weight is 889 g/mol. The van der Waals surface area contributed by atoms with Crippen LogP contribution in [0.2, 0.25) is 0 Å². The number of aromatic nitrogens is 2. The molecule has 0 saturated carbocycles. The molecular weight excluding hydrogens is 836 g/mol. The first-order valence-electron chi connectivity index (χ1n) is 19.9. The maximum Gasteiger partial charge on any atom is 0.405 e. The van der Waals surface area contributed by atoms with E-state index in [9.17, 15) is 29.5 Å². The normalized spacial score (nSPS) is 20.0. The second kappa shape index (κ2) is 20.1. The van der Waals surface area contributed by atoms with E-state index in [1.807, 2.05) is 109 Å². The summed E-state index contributed by atoms with van der Waals surface area (Å²) in [4.78, 5) is 30.9. The summed E-state index contributed by atoms with van der Waals surface area (Å²) in [6, 6.07) is 35.5. The number of hydrogen-bond acceptors (Lipinski definition) is 14. The fourth-order valence-electron chi connectivity index (χ4n) is 6.95. The van der Waals surface area contributed by atoms with E-state index < -0.39 is 55.0 Å². The van der Waals surface area contributed by atoms with Gasteiger partial charge in [0, 0.05) is 18.5 Å². The number of aliphatic hydroxyl groups is 3. The first kappa shape index (κ1) is 46.6. The lowest BCUT2D eigenvalue weighted by Crippen LogP contribution is -2.46. The summed E-state index contributed by atoms with van der Waals surface area (Å²) < 4.78 is 43.6. The Hall–Kier alpha value is -4.87. The van der Waals surface area contributed by atoms with Gasteiger partial charge in [0.15, 0.2) is 11.3 Å². The molecule has 1 aliphatic heterocycles. The Morgan fingerprint density at radius 3 is 2.00 bits per heavy atom. The number of anilines is 1. The molecule has 0 aliphatic carbocycles. The summed E-state index contributed by atoms with van der Waals surface area (Å²) in [5.41, 5.74) is -1.64. The van der Waals surface area contributed by atoms with Crippen molar-refractivity contribution in [3.63, 3.8) is 0 Å². The van der Waals surface area contributed by atoms with Crippen LogP contribution >= 0.6 is 19.5 Å². The predicted molar refractivity (Wildman–Crippen MR) is 236 cm³/mol. The molecule has 6 rings (SSSR count). The smallest absolute Gasteiger partial charge is 0.405 e. The number of benzene rings is 4. The van der Waals surface area contributed by atoms with Crippen molar-refractivity contribution < 1.29 is 47.9 Å². The molecule has 0 bridgehead atoms. The van der Waals surface area contributed by atoms with Gasteiger partial charge in [-0.3, -0.25) is 18.4 Å². The second-order valence-electron chi connectivity index (χ2n) is 15.5. The van der Waals surface area contributed by atoms with Gasteiger partial charge in [0.25, 0.3) is 0 Å². The molecule has 5 atom stereocenters. The van der Waals surface area contributed by atoms with Crippen LogP contribution in [0.3, 0.4) is 0 Å². The van der Waals surface area contributed by atoms with Gasteiger partial charge in [-0.05, 0) is 73.4 Å². The van der Waals surface area contributed by atoms with Crippen LogP contribution in [0, 0.1) is 5.41 Å². The lowest BCUT2D eigenvalue weighted by molar-refractivity contribution is -0.119. The Kier molecular flexibility index (Phi) is 15.1. The van der Waals surface area contributed by atoms with Gasteiger partial charge in [0.2, 0.25) is 0 Å². The molecule has 2 heterocycles. The Balaban J connectivity index is 1.24. The van der Waals surface area contributed by atoms with Crippen molar-refractivity contribution in [1.82, 2.24) is 14.6 Å². The van der Waals surface area contributed by atoms with E-state index in [0.29, 0.717) is 11.5 Å². The van der Waals surface area contributed by atoms with Crippen LogP contribution in [0.25, 0.3) is 0 Å². The summed E-state index contributed by atoms with van der Waals surface area (Å²) >= 11 is 0.931. The molecule has 1 aliphatic rings. The SMILES string of the molecule is COc1ccc(C(Nc2ccn([C@@H]3O[C@H](COP(=O)(NCc4ccccc4)OCCSC(=O)C(C)(C)CO)[C@H](O)C3(C)O)c(=O)n2)(c2ccccc2)c2ccc(OC)cc2)cc1. The minimum absolute atomic E-state index is 0.0973. The number of nitrogens with one attached hydrogen (secondary N) is 2. The second-order valence-corrected chi connectivity index (χ2v) is 18.4. The Labute approximate surface area is 365 Å². The molecule has 4 aromatic carbocycles. The number of ether oxygens (including phenoxy) is 3. The molecule has 1 saturated heterocycles. The van der Waals surface area contributed by atoms with E-state index in [1.165, 1.54) is 13.1 Å². The highest BCUT2D eigenvalue weighted by Gasteiger charge is 2.54. The predicted octanol–water partition coefficient (Wildman–Crippen LogP) is 5.88. The van der Waals surface area contributed by atoms with Gasteiger partial charge < -0.3 is 34.8 Å². The third kappa shape index (κ3) is 10.5. The summed E-state index contributed by atoms with van der Waals surface area (Å²) in [5, 5.41) is 38.6. The molecule has 5 N–H and O–H groups in total. The molecule has 15 nitrogen and oxygen atoms in total. The zero-order valence-electron chi connectivity index (χ0n) is 35.2. The Morgan fingerprint density at radius 2 is 1.45 bits per heavy atom. The molecule has 0 spiro atoms. The van der Waals surface area contributed by atoms with Crippen LogP contribution in [-0.4, -0.2) is 87.6 Å². The van der Waals surface area contributed by atoms with Crippen LogP contribution in [0.4, 0.5) is 5.82 Å². The van der Waals surface area contributed by atoms with Crippen molar-refractivity contribution >= 4 is 30.4 Å². The number of hydrogen-bond donors (Lipinski definition) is 5. The largest absolute Gasteiger partial charge is 0.497 e. The van der Waals surface area contributed by atoms with Crippen molar-refractivity contribution in [3.8, 4) is 11.5 Å². The topological polar surface area (TPSA) is 200 Å². The van der Waals surface area contributed by atoms with Crippen molar-refractivity contribution in [2.45, 2.75) is 56.9 Å². The number of rotatable bonds is 20. The van der Waals surface area contributed by atoms with Crippen LogP contribution in [0.5, 0.6) is 11.5 Å². The third-order valence-electron chi connectivity index (χ3n) is 10.7. The molecule has 0 radical (unpaired) electrons. The zero-order valence-corrected chi connectivity index (χ0v) is 36.9. The van der Waals surface area contributed by atoms with Crippen LogP contribution in [0.1, 0.15) is 49.3 Å². The summed E-state index contributed by atoms with van der Waals surface area (Å²) in [7, 11) is -0.946. The first-order chi connectivity index (χ1) is 29.7. The molecule has 2 unspecified atom stereocenters. The fourth-order valence-corrected chi connectivity index (χ4v) is 9.19. The highest BCUT2D eigenvalue weighted by atomic mass is 32.2. The van der Waals surface area contributed by atoms with Crippen molar-refractivity contribution in [3.05, 3.63) is 154 Å².